The Morgan fingerprint density at radius 1 is 1.21 bits per heavy atom. The SMILES string of the molecule is COc1ccc(C2N=C3C=NC=CN3C2Nc2ccc3c(c2)CCC3=N)cn1. The molecule has 2 N–H and O–H groups in total. The topological polar surface area (TPSA) is 86.0 Å². The smallest absolute Gasteiger partial charge is 0.212 e. The molecular weight excluding hydrogens is 352 g/mol. The van der Waals surface area contributed by atoms with Crippen LogP contribution in [0.3, 0.4) is 0 Å². The molecule has 1 aliphatic carbocycles. The zero-order valence-corrected chi connectivity index (χ0v) is 15.5. The predicted octanol–water partition coefficient (Wildman–Crippen LogP) is 3.15. The minimum absolute atomic E-state index is 0.0906. The van der Waals surface area contributed by atoms with Gasteiger partial charge in [0, 0.05) is 36.1 Å². The van der Waals surface area contributed by atoms with Gasteiger partial charge in [0.25, 0.3) is 0 Å². The van der Waals surface area contributed by atoms with Crippen molar-refractivity contribution in [3.63, 3.8) is 0 Å². The van der Waals surface area contributed by atoms with Crippen LogP contribution >= 0.6 is 0 Å². The molecule has 0 bridgehead atoms. The number of aryl methyl sites for hydroxylation is 1. The van der Waals surface area contributed by atoms with Crippen molar-refractivity contribution in [1.29, 1.82) is 5.41 Å². The first-order valence-electron chi connectivity index (χ1n) is 9.26. The molecule has 0 amide bonds. The fraction of sp³-hybridized carbons (Fsp3) is 0.238. The third-order valence-corrected chi connectivity index (χ3v) is 5.34. The molecule has 1 aromatic heterocycles. The number of rotatable bonds is 4. The summed E-state index contributed by atoms with van der Waals surface area (Å²) in [7, 11) is 1.61. The first-order chi connectivity index (χ1) is 13.7. The van der Waals surface area contributed by atoms with Gasteiger partial charge in [-0.15, -0.1) is 0 Å². The number of nitrogens with zero attached hydrogens (tertiary/aromatic N) is 4. The third-order valence-electron chi connectivity index (χ3n) is 5.34. The number of anilines is 1. The highest BCUT2D eigenvalue weighted by Gasteiger charge is 2.36. The van der Waals surface area contributed by atoms with Crippen LogP contribution in [0.15, 0.2) is 58.9 Å². The Kier molecular flexibility index (Phi) is 3.93. The van der Waals surface area contributed by atoms with Crippen molar-refractivity contribution < 1.29 is 4.74 Å². The van der Waals surface area contributed by atoms with Gasteiger partial charge in [-0.1, -0.05) is 6.07 Å². The lowest BCUT2D eigenvalue weighted by atomic mass is 10.1. The number of nitrogens with one attached hydrogen (secondary N) is 2. The number of fused-ring (bicyclic) bond motifs is 2. The molecule has 3 aliphatic rings. The van der Waals surface area contributed by atoms with Crippen LogP contribution in [0.5, 0.6) is 5.88 Å². The van der Waals surface area contributed by atoms with Crippen molar-refractivity contribution >= 4 is 23.4 Å². The highest BCUT2D eigenvalue weighted by Crippen LogP contribution is 2.34. The second-order valence-corrected chi connectivity index (χ2v) is 6.99. The number of pyridine rings is 1. The van der Waals surface area contributed by atoms with Crippen LogP contribution in [0.4, 0.5) is 5.69 Å². The van der Waals surface area contributed by atoms with Crippen LogP contribution in [-0.4, -0.2) is 40.9 Å². The molecule has 7 heteroatoms. The summed E-state index contributed by atoms with van der Waals surface area (Å²) in [5.41, 5.74) is 5.05. The largest absolute Gasteiger partial charge is 0.481 e. The number of ether oxygens (including phenoxy) is 1. The summed E-state index contributed by atoms with van der Waals surface area (Å²) in [4.78, 5) is 15.5. The van der Waals surface area contributed by atoms with E-state index in [-0.39, 0.29) is 12.2 Å². The van der Waals surface area contributed by atoms with Gasteiger partial charge in [0.1, 0.15) is 18.0 Å². The Morgan fingerprint density at radius 3 is 2.96 bits per heavy atom. The molecule has 2 aliphatic heterocycles. The third kappa shape index (κ3) is 2.76. The Bertz CT molecular complexity index is 1020. The fourth-order valence-electron chi connectivity index (χ4n) is 3.91. The van der Waals surface area contributed by atoms with Gasteiger partial charge in [-0.3, -0.25) is 9.98 Å². The molecule has 2 aromatic rings. The highest BCUT2D eigenvalue weighted by molar-refractivity contribution is 6.31. The van der Waals surface area contributed by atoms with Gasteiger partial charge >= 0.3 is 0 Å². The first-order valence-corrected chi connectivity index (χ1v) is 9.26. The molecule has 5 rings (SSSR count). The van der Waals surface area contributed by atoms with Crippen molar-refractivity contribution in [2.24, 2.45) is 9.98 Å². The van der Waals surface area contributed by atoms with E-state index in [1.165, 1.54) is 5.56 Å². The summed E-state index contributed by atoms with van der Waals surface area (Å²) in [5.74, 6) is 1.41. The summed E-state index contributed by atoms with van der Waals surface area (Å²) in [6.45, 7) is 0. The van der Waals surface area contributed by atoms with Gasteiger partial charge in [-0.2, -0.15) is 0 Å². The summed E-state index contributed by atoms with van der Waals surface area (Å²) in [6, 6.07) is 9.96. The maximum Gasteiger partial charge on any atom is 0.212 e. The van der Waals surface area contributed by atoms with Crippen LogP contribution in [-0.2, 0) is 6.42 Å². The summed E-state index contributed by atoms with van der Waals surface area (Å²) >= 11 is 0. The molecule has 1 aromatic carbocycles. The van der Waals surface area contributed by atoms with E-state index in [0.29, 0.717) is 5.88 Å². The van der Waals surface area contributed by atoms with Crippen molar-refractivity contribution in [2.75, 3.05) is 12.4 Å². The van der Waals surface area contributed by atoms with E-state index in [2.05, 4.69) is 26.3 Å². The number of aliphatic imine (C=N–C) groups is 2. The Hall–Kier alpha value is -3.48. The van der Waals surface area contributed by atoms with Crippen LogP contribution in [0.1, 0.15) is 29.2 Å². The number of amidine groups is 1. The van der Waals surface area contributed by atoms with Crippen molar-refractivity contribution in [1.82, 2.24) is 9.88 Å². The van der Waals surface area contributed by atoms with E-state index >= 15 is 0 Å². The fourth-order valence-corrected chi connectivity index (χ4v) is 3.91. The zero-order valence-electron chi connectivity index (χ0n) is 15.5. The van der Waals surface area contributed by atoms with E-state index in [4.69, 9.17) is 15.1 Å². The van der Waals surface area contributed by atoms with E-state index in [1.807, 2.05) is 36.7 Å². The molecule has 3 heterocycles. The number of hydrogen-bond donors (Lipinski definition) is 2. The lowest BCUT2D eigenvalue weighted by Crippen LogP contribution is -2.40. The quantitative estimate of drug-likeness (QED) is 0.863. The van der Waals surface area contributed by atoms with Crippen molar-refractivity contribution in [3.05, 3.63) is 65.6 Å². The lowest BCUT2D eigenvalue weighted by Gasteiger charge is -2.29. The van der Waals surface area contributed by atoms with Gasteiger partial charge in [0.15, 0.2) is 0 Å². The normalized spacial score (nSPS) is 22.1. The lowest BCUT2D eigenvalue weighted by molar-refractivity contribution is 0.395. The monoisotopic (exact) mass is 372 g/mol. The van der Waals surface area contributed by atoms with E-state index in [9.17, 15) is 0 Å². The van der Waals surface area contributed by atoms with Gasteiger partial charge in [-0.05, 0) is 47.7 Å². The maximum atomic E-state index is 8.04. The molecule has 0 fully saturated rings. The van der Waals surface area contributed by atoms with E-state index < -0.39 is 0 Å². The Morgan fingerprint density at radius 2 is 2.14 bits per heavy atom. The number of aromatic nitrogens is 1. The molecule has 2 atom stereocenters. The minimum atomic E-state index is -0.130. The Labute approximate surface area is 163 Å². The molecule has 2 unspecified atom stereocenters. The minimum Gasteiger partial charge on any atom is -0.481 e. The predicted molar refractivity (Wildman–Crippen MR) is 109 cm³/mol. The maximum absolute atomic E-state index is 8.04. The molecular formula is C21H20N6O. The average Bonchev–Trinajstić information content (AvgIpc) is 3.29. The van der Waals surface area contributed by atoms with Crippen LogP contribution < -0.4 is 10.1 Å². The summed E-state index contributed by atoms with van der Waals surface area (Å²) in [5, 5.41) is 11.7. The molecule has 0 radical (unpaired) electrons. The van der Waals surface area contributed by atoms with Gasteiger partial charge in [0.2, 0.25) is 5.88 Å². The van der Waals surface area contributed by atoms with Crippen LogP contribution in [0, 0.1) is 5.41 Å². The molecule has 0 saturated carbocycles. The number of methoxy groups -OCH3 is 1. The summed E-state index contributed by atoms with van der Waals surface area (Å²) in [6.07, 6.45) is 8.95. The van der Waals surface area contributed by atoms with Gasteiger partial charge in [0.05, 0.1) is 13.3 Å². The number of hydrogen-bond acceptors (Lipinski definition) is 7. The van der Waals surface area contributed by atoms with Crippen LogP contribution in [0.25, 0.3) is 0 Å². The highest BCUT2D eigenvalue weighted by atomic mass is 16.5. The molecule has 28 heavy (non-hydrogen) atoms. The first kappa shape index (κ1) is 16.7. The molecule has 0 spiro atoms. The number of benzene rings is 1. The van der Waals surface area contributed by atoms with Gasteiger partial charge in [-0.25, -0.2) is 4.98 Å². The van der Waals surface area contributed by atoms with Crippen molar-refractivity contribution in [3.8, 4) is 5.88 Å². The molecule has 7 nitrogen and oxygen atoms in total. The zero-order chi connectivity index (χ0) is 19.1. The average molecular weight is 372 g/mol. The summed E-state index contributed by atoms with van der Waals surface area (Å²) < 4.78 is 5.18. The van der Waals surface area contributed by atoms with Crippen LogP contribution in [0.2, 0.25) is 0 Å². The van der Waals surface area contributed by atoms with E-state index in [1.54, 1.807) is 19.5 Å². The molecule has 140 valence electrons. The molecule has 0 saturated heterocycles. The second kappa shape index (κ2) is 6.60. The second-order valence-electron chi connectivity index (χ2n) is 6.99. The standard InChI is InChI=1S/C21H20N6O/c1-28-19-7-3-14(11-24-19)20-21(27-9-8-23-12-18(27)26-20)25-15-4-5-16-13(10-15)2-6-17(16)22/h3-5,7-12,20-22,25H,2,6H2,1H3. The van der Waals surface area contributed by atoms with Gasteiger partial charge < -0.3 is 20.4 Å². The van der Waals surface area contributed by atoms with Crippen molar-refractivity contribution in [2.45, 2.75) is 25.0 Å². The van der Waals surface area contributed by atoms with E-state index in [0.717, 1.165) is 41.2 Å². The Balaban J connectivity index is 1.47.